The van der Waals surface area contributed by atoms with Gasteiger partial charge in [-0.25, -0.2) is 0 Å². The van der Waals surface area contributed by atoms with Crippen LogP contribution in [0.2, 0.25) is 0 Å². The molecule has 0 spiro atoms. The Morgan fingerprint density at radius 3 is 1.68 bits per heavy atom. The summed E-state index contributed by atoms with van der Waals surface area (Å²) in [5.74, 6) is 0.715. The molecule has 0 aliphatic heterocycles. The van der Waals surface area contributed by atoms with Gasteiger partial charge in [-0.05, 0) is 98.2 Å². The summed E-state index contributed by atoms with van der Waals surface area (Å²) < 4.78 is 4.96. The van der Waals surface area contributed by atoms with Crippen molar-refractivity contribution in [3.63, 3.8) is 0 Å². The number of nitrogens with two attached hydrogens (primary N) is 1. The quantitative estimate of drug-likeness (QED) is 0.189. The summed E-state index contributed by atoms with van der Waals surface area (Å²) >= 11 is 0. The smallest absolute Gasteiger partial charge is 0.341 e. The molecule has 2 aromatic carbocycles. The molecule has 2 aromatic heterocycles. The Labute approximate surface area is 263 Å². The highest BCUT2D eigenvalue weighted by Gasteiger charge is 2.33. The molecule has 0 amide bonds. The number of anilines is 2. The highest BCUT2D eigenvalue weighted by molar-refractivity contribution is 5.72. The summed E-state index contributed by atoms with van der Waals surface area (Å²) in [7, 11) is 8.34. The largest absolute Gasteiger partial charge is 0.378 e. The molecule has 0 bridgehead atoms. The fraction of sp³-hybridized carbons (Fsp3) is 0.432. The summed E-state index contributed by atoms with van der Waals surface area (Å²) in [5.41, 5.74) is 14.3. The first-order valence-electron chi connectivity index (χ1n) is 16.4. The Hall–Kier alpha value is -4.13. The molecule has 6 rings (SSSR count). The van der Waals surface area contributed by atoms with Crippen LogP contribution in [0.25, 0.3) is 22.5 Å². The van der Waals surface area contributed by atoms with E-state index < -0.39 is 0 Å². The van der Waals surface area contributed by atoms with Gasteiger partial charge in [0, 0.05) is 63.3 Å². The van der Waals surface area contributed by atoms with Gasteiger partial charge in [0.2, 0.25) is 0 Å². The van der Waals surface area contributed by atoms with E-state index >= 15 is 0 Å². The SMILES string of the molecule is CN(C)c1ccc(-c2cccn2[C@@H]2CCCC[C@H]2NC(N)=[NH+][C@@H]2CCCC[C@H]2n2cccc2-c2ccc(N(C)C)cc2)cc1. The second-order valence-electron chi connectivity index (χ2n) is 13.1. The maximum absolute atomic E-state index is 6.82. The van der Waals surface area contributed by atoms with Gasteiger partial charge in [0.15, 0.2) is 0 Å². The fourth-order valence-electron chi connectivity index (χ4n) is 7.38. The van der Waals surface area contributed by atoms with Gasteiger partial charge in [-0.15, -0.1) is 0 Å². The van der Waals surface area contributed by atoms with Crippen molar-refractivity contribution >= 4 is 17.3 Å². The number of hydrogen-bond donors (Lipinski definition) is 3. The van der Waals surface area contributed by atoms with E-state index in [1.807, 2.05) is 0 Å². The minimum Gasteiger partial charge on any atom is -0.378 e. The number of guanidine groups is 1. The maximum Gasteiger partial charge on any atom is 0.341 e. The Bertz CT molecular complexity index is 1530. The molecule has 0 unspecified atom stereocenters. The van der Waals surface area contributed by atoms with Gasteiger partial charge >= 0.3 is 5.96 Å². The van der Waals surface area contributed by atoms with E-state index in [-0.39, 0.29) is 12.1 Å². The molecule has 2 aliphatic rings. The minimum atomic E-state index is 0.280. The van der Waals surface area contributed by atoms with E-state index in [2.05, 4.69) is 143 Å². The van der Waals surface area contributed by atoms with Gasteiger partial charge < -0.3 is 18.9 Å². The first-order chi connectivity index (χ1) is 21.4. The van der Waals surface area contributed by atoms with Crippen LogP contribution in [-0.4, -0.2) is 55.4 Å². The minimum absolute atomic E-state index is 0.280. The van der Waals surface area contributed by atoms with Gasteiger partial charge in [0.05, 0.1) is 24.2 Å². The molecule has 4 atom stereocenters. The standard InChI is InChI=1S/C37H49N7/c1-41(2)29-21-17-27(18-22-29)33-15-9-25-43(33)35-13-7-5-11-31(35)39-37(38)40-32-12-6-8-14-36(32)44-26-10-16-34(44)28-19-23-30(24-20-28)42(3)4/h9-10,15-26,31-32,35-36H,5-8,11-14H2,1-4H3,(H3,38,39,40)/p+1/t31-,32-,35-,36-/m1/s1. The van der Waals surface area contributed by atoms with Crippen LogP contribution in [0.1, 0.15) is 63.5 Å². The monoisotopic (exact) mass is 592 g/mol. The van der Waals surface area contributed by atoms with Crippen molar-refractivity contribution in [2.75, 3.05) is 38.0 Å². The predicted octanol–water partition coefficient (Wildman–Crippen LogP) is 5.41. The molecule has 7 nitrogen and oxygen atoms in total. The van der Waals surface area contributed by atoms with Crippen LogP contribution in [0, 0.1) is 0 Å². The normalized spacial score (nSPS) is 22.5. The lowest BCUT2D eigenvalue weighted by molar-refractivity contribution is -0.518. The Kier molecular flexibility index (Phi) is 9.01. The van der Waals surface area contributed by atoms with Gasteiger partial charge in [0.25, 0.3) is 0 Å². The van der Waals surface area contributed by atoms with E-state index in [4.69, 9.17) is 5.73 Å². The molecular weight excluding hydrogens is 542 g/mol. The van der Waals surface area contributed by atoms with E-state index in [9.17, 15) is 0 Å². The molecule has 7 heteroatoms. The van der Waals surface area contributed by atoms with Crippen molar-refractivity contribution in [2.45, 2.75) is 75.5 Å². The summed E-state index contributed by atoms with van der Waals surface area (Å²) in [5, 5.41) is 3.78. The Morgan fingerprint density at radius 1 is 0.659 bits per heavy atom. The lowest BCUT2D eigenvalue weighted by Crippen LogP contribution is -2.86. The average Bonchev–Trinajstić information content (AvgIpc) is 3.72. The highest BCUT2D eigenvalue weighted by Crippen LogP contribution is 2.35. The molecule has 2 aliphatic carbocycles. The Balaban J connectivity index is 1.21. The van der Waals surface area contributed by atoms with Crippen molar-refractivity contribution in [2.24, 2.45) is 5.73 Å². The van der Waals surface area contributed by atoms with Crippen LogP contribution in [-0.2, 0) is 0 Å². The van der Waals surface area contributed by atoms with Crippen molar-refractivity contribution in [1.82, 2.24) is 14.5 Å². The second-order valence-corrected chi connectivity index (χ2v) is 13.1. The lowest BCUT2D eigenvalue weighted by Gasteiger charge is -2.33. The molecule has 2 fully saturated rings. The molecule has 4 N–H and O–H groups in total. The van der Waals surface area contributed by atoms with E-state index in [1.54, 1.807) is 0 Å². The van der Waals surface area contributed by atoms with Crippen LogP contribution >= 0.6 is 0 Å². The first kappa shape index (κ1) is 29.9. The highest BCUT2D eigenvalue weighted by atomic mass is 15.2. The number of nitrogens with zero attached hydrogens (tertiary/aromatic N) is 4. The van der Waals surface area contributed by atoms with Crippen molar-refractivity contribution in [1.29, 1.82) is 0 Å². The number of benzene rings is 2. The molecular formula is C37H50N7+. The molecule has 2 saturated carbocycles. The molecule has 0 saturated heterocycles. The third-order valence-electron chi connectivity index (χ3n) is 9.77. The number of nitrogens with one attached hydrogen (secondary N) is 2. The predicted molar refractivity (Wildman–Crippen MR) is 184 cm³/mol. The topological polar surface area (TPSA) is 68.4 Å². The van der Waals surface area contributed by atoms with Crippen LogP contribution in [0.3, 0.4) is 0 Å². The molecule has 232 valence electrons. The lowest BCUT2D eigenvalue weighted by atomic mass is 9.89. The zero-order valence-corrected chi connectivity index (χ0v) is 26.9. The Morgan fingerprint density at radius 2 is 1.14 bits per heavy atom. The first-order valence-corrected chi connectivity index (χ1v) is 16.4. The van der Waals surface area contributed by atoms with Crippen molar-refractivity contribution < 1.29 is 4.99 Å². The average molecular weight is 593 g/mol. The maximum atomic E-state index is 6.82. The van der Waals surface area contributed by atoms with Gasteiger partial charge in [-0.3, -0.25) is 16.0 Å². The van der Waals surface area contributed by atoms with E-state index in [1.165, 1.54) is 59.6 Å². The van der Waals surface area contributed by atoms with Gasteiger partial charge in [-0.1, -0.05) is 37.1 Å². The number of hydrogen-bond acceptors (Lipinski definition) is 2. The molecule has 2 heterocycles. The van der Waals surface area contributed by atoms with Crippen LogP contribution in [0.4, 0.5) is 11.4 Å². The van der Waals surface area contributed by atoms with Crippen LogP contribution < -0.4 is 25.8 Å². The summed E-state index contributed by atoms with van der Waals surface area (Å²) in [4.78, 5) is 8.07. The summed E-state index contributed by atoms with van der Waals surface area (Å²) in [6.07, 6.45) is 13.9. The van der Waals surface area contributed by atoms with Gasteiger partial charge in [0.1, 0.15) is 0 Å². The van der Waals surface area contributed by atoms with Crippen LogP contribution in [0.15, 0.2) is 85.2 Å². The molecule has 4 aromatic rings. The third-order valence-corrected chi connectivity index (χ3v) is 9.77. The van der Waals surface area contributed by atoms with E-state index in [0.29, 0.717) is 18.0 Å². The van der Waals surface area contributed by atoms with Gasteiger partial charge in [-0.2, -0.15) is 0 Å². The zero-order valence-electron chi connectivity index (χ0n) is 26.9. The van der Waals surface area contributed by atoms with Crippen molar-refractivity contribution in [3.05, 3.63) is 85.2 Å². The van der Waals surface area contributed by atoms with Crippen molar-refractivity contribution in [3.8, 4) is 22.5 Å². The molecule has 44 heavy (non-hydrogen) atoms. The summed E-state index contributed by atoms with van der Waals surface area (Å²) in [6, 6.07) is 27.9. The number of aromatic nitrogens is 2. The molecule has 0 radical (unpaired) electrons. The van der Waals surface area contributed by atoms with Crippen LogP contribution in [0.5, 0.6) is 0 Å². The fourth-order valence-corrected chi connectivity index (χ4v) is 7.38. The van der Waals surface area contributed by atoms with E-state index in [0.717, 1.165) is 25.7 Å². The summed E-state index contributed by atoms with van der Waals surface area (Å²) in [6.45, 7) is 0. The second kappa shape index (κ2) is 13.2. The third kappa shape index (κ3) is 6.37. The zero-order chi connectivity index (χ0) is 30.6. The number of rotatable bonds is 8.